The van der Waals surface area contributed by atoms with Crippen molar-refractivity contribution in [3.05, 3.63) is 65.2 Å². The van der Waals surface area contributed by atoms with Gasteiger partial charge in [0.2, 0.25) is 0 Å². The minimum absolute atomic E-state index is 0.0115. The fourth-order valence-electron chi connectivity index (χ4n) is 1.89. The van der Waals surface area contributed by atoms with E-state index in [0.29, 0.717) is 0 Å². The van der Waals surface area contributed by atoms with E-state index < -0.39 is 23.5 Å². The van der Waals surface area contributed by atoms with Gasteiger partial charge >= 0.3 is 12.1 Å². The summed E-state index contributed by atoms with van der Waals surface area (Å²) in [7, 11) is 0. The molecule has 6 heteroatoms. The maximum atomic E-state index is 12.7. The van der Waals surface area contributed by atoms with Crippen LogP contribution >= 0.6 is 0 Å². The number of ketones is 1. The van der Waals surface area contributed by atoms with E-state index in [2.05, 4.69) is 0 Å². The molecule has 0 N–H and O–H groups in total. The van der Waals surface area contributed by atoms with Crippen LogP contribution in [0, 0.1) is 0 Å². The molecule has 0 unspecified atom stereocenters. The van der Waals surface area contributed by atoms with E-state index in [9.17, 15) is 22.8 Å². The summed E-state index contributed by atoms with van der Waals surface area (Å²) >= 11 is 0. The van der Waals surface area contributed by atoms with E-state index in [0.717, 1.165) is 18.2 Å². The average Bonchev–Trinajstić information content (AvgIpc) is 2.46. The van der Waals surface area contributed by atoms with Crippen molar-refractivity contribution in [3.8, 4) is 5.75 Å². The molecule has 22 heavy (non-hydrogen) atoms. The first-order valence-electron chi connectivity index (χ1n) is 6.28. The predicted octanol–water partition coefficient (Wildman–Crippen LogP) is 3.86. The molecule has 0 aliphatic rings. The van der Waals surface area contributed by atoms with Crippen LogP contribution in [0.5, 0.6) is 5.75 Å². The van der Waals surface area contributed by atoms with Crippen LogP contribution in [-0.2, 0) is 11.0 Å². The summed E-state index contributed by atoms with van der Waals surface area (Å²) in [6, 6.07) is 9.98. The summed E-state index contributed by atoms with van der Waals surface area (Å²) in [4.78, 5) is 23.4. The predicted molar refractivity (Wildman–Crippen MR) is 72.6 cm³/mol. The molecule has 0 aromatic heterocycles. The molecule has 0 aliphatic carbocycles. The number of para-hydroxylation sites is 1. The standard InChI is InChI=1S/C16H11F3O3/c1-10(20)22-14-8-3-2-7-13(14)15(21)11-5-4-6-12(9-11)16(17,18)19/h2-9H,1H3. The Morgan fingerprint density at radius 3 is 2.32 bits per heavy atom. The Balaban J connectivity index is 2.43. The lowest BCUT2D eigenvalue weighted by Gasteiger charge is -2.10. The number of esters is 1. The van der Waals surface area contributed by atoms with Gasteiger partial charge in [0.1, 0.15) is 5.75 Å². The highest BCUT2D eigenvalue weighted by molar-refractivity contribution is 6.11. The highest BCUT2D eigenvalue weighted by Gasteiger charge is 2.31. The molecule has 0 saturated heterocycles. The van der Waals surface area contributed by atoms with Crippen molar-refractivity contribution < 1.29 is 27.5 Å². The van der Waals surface area contributed by atoms with Gasteiger partial charge in [-0.1, -0.05) is 24.3 Å². The molecule has 2 aromatic carbocycles. The number of carbonyl (C=O) groups is 2. The van der Waals surface area contributed by atoms with E-state index in [4.69, 9.17) is 4.74 Å². The summed E-state index contributed by atoms with van der Waals surface area (Å²) < 4.78 is 43.0. The third-order valence-corrected chi connectivity index (χ3v) is 2.84. The molecule has 114 valence electrons. The lowest BCUT2D eigenvalue weighted by atomic mass is 10.0. The molecule has 0 aliphatic heterocycles. The molecule has 0 bridgehead atoms. The number of alkyl halides is 3. The van der Waals surface area contributed by atoms with E-state index in [1.165, 1.54) is 31.2 Å². The molecule has 2 rings (SSSR count). The Kier molecular flexibility index (Phi) is 4.30. The van der Waals surface area contributed by atoms with E-state index in [-0.39, 0.29) is 16.9 Å². The molecule has 0 radical (unpaired) electrons. The minimum atomic E-state index is -4.54. The van der Waals surface area contributed by atoms with Gasteiger partial charge in [0, 0.05) is 12.5 Å². The van der Waals surface area contributed by atoms with Crippen LogP contribution in [0.4, 0.5) is 13.2 Å². The van der Waals surface area contributed by atoms with Crippen LogP contribution in [-0.4, -0.2) is 11.8 Å². The highest BCUT2D eigenvalue weighted by Crippen LogP contribution is 2.30. The fourth-order valence-corrected chi connectivity index (χ4v) is 1.89. The molecule has 0 amide bonds. The molecule has 0 atom stereocenters. The third-order valence-electron chi connectivity index (χ3n) is 2.84. The minimum Gasteiger partial charge on any atom is -0.426 e. The second kappa shape index (κ2) is 6.01. The maximum Gasteiger partial charge on any atom is 0.416 e. The van der Waals surface area contributed by atoms with Crippen LogP contribution in [0.2, 0.25) is 0 Å². The summed E-state index contributed by atoms with van der Waals surface area (Å²) in [6.45, 7) is 1.17. The lowest BCUT2D eigenvalue weighted by Crippen LogP contribution is -2.10. The largest absolute Gasteiger partial charge is 0.426 e. The van der Waals surface area contributed by atoms with E-state index >= 15 is 0 Å². The van der Waals surface area contributed by atoms with Gasteiger partial charge in [0.15, 0.2) is 5.78 Å². The normalized spacial score (nSPS) is 11.1. The topological polar surface area (TPSA) is 43.4 Å². The number of carbonyl (C=O) groups excluding carboxylic acids is 2. The average molecular weight is 308 g/mol. The zero-order valence-electron chi connectivity index (χ0n) is 11.5. The van der Waals surface area contributed by atoms with Crippen LogP contribution in [0.1, 0.15) is 28.4 Å². The lowest BCUT2D eigenvalue weighted by molar-refractivity contribution is -0.137. The first-order valence-corrected chi connectivity index (χ1v) is 6.28. The molecule has 0 fully saturated rings. The number of hydrogen-bond acceptors (Lipinski definition) is 3. The first-order chi connectivity index (χ1) is 10.3. The maximum absolute atomic E-state index is 12.7. The number of hydrogen-bond donors (Lipinski definition) is 0. The van der Waals surface area contributed by atoms with Crippen molar-refractivity contribution in [2.45, 2.75) is 13.1 Å². The van der Waals surface area contributed by atoms with Crippen molar-refractivity contribution in [2.24, 2.45) is 0 Å². The Morgan fingerprint density at radius 2 is 1.68 bits per heavy atom. The van der Waals surface area contributed by atoms with Crippen molar-refractivity contribution in [3.63, 3.8) is 0 Å². The summed E-state index contributed by atoms with van der Waals surface area (Å²) in [5.74, 6) is -1.26. The van der Waals surface area contributed by atoms with Crippen LogP contribution in [0.25, 0.3) is 0 Å². The van der Waals surface area contributed by atoms with Gasteiger partial charge in [0.05, 0.1) is 11.1 Å². The Labute approximate surface area is 124 Å². The molecular formula is C16H11F3O3. The zero-order chi connectivity index (χ0) is 16.3. The number of rotatable bonds is 3. The third kappa shape index (κ3) is 3.52. The molecule has 0 spiro atoms. The molecule has 3 nitrogen and oxygen atoms in total. The highest BCUT2D eigenvalue weighted by atomic mass is 19.4. The van der Waals surface area contributed by atoms with Gasteiger partial charge in [-0.25, -0.2) is 0 Å². The SMILES string of the molecule is CC(=O)Oc1ccccc1C(=O)c1cccc(C(F)(F)F)c1. The van der Waals surface area contributed by atoms with Gasteiger partial charge in [0.25, 0.3) is 0 Å². The summed E-state index contributed by atoms with van der Waals surface area (Å²) in [5, 5.41) is 0. The molecule has 2 aromatic rings. The van der Waals surface area contributed by atoms with Gasteiger partial charge in [-0.05, 0) is 24.3 Å². The monoisotopic (exact) mass is 308 g/mol. The Hall–Kier alpha value is -2.63. The van der Waals surface area contributed by atoms with E-state index in [1.807, 2.05) is 0 Å². The number of ether oxygens (including phenoxy) is 1. The van der Waals surface area contributed by atoms with Gasteiger partial charge in [-0.3, -0.25) is 9.59 Å². The van der Waals surface area contributed by atoms with Crippen molar-refractivity contribution in [2.75, 3.05) is 0 Å². The van der Waals surface area contributed by atoms with Crippen molar-refractivity contribution in [1.29, 1.82) is 0 Å². The second-order valence-corrected chi connectivity index (χ2v) is 4.50. The van der Waals surface area contributed by atoms with Gasteiger partial charge in [-0.2, -0.15) is 13.2 Å². The zero-order valence-corrected chi connectivity index (χ0v) is 11.5. The Bertz CT molecular complexity index is 721. The second-order valence-electron chi connectivity index (χ2n) is 4.50. The van der Waals surface area contributed by atoms with Crippen LogP contribution in [0.15, 0.2) is 48.5 Å². The van der Waals surface area contributed by atoms with E-state index in [1.54, 1.807) is 6.07 Å². The van der Waals surface area contributed by atoms with Crippen molar-refractivity contribution >= 4 is 11.8 Å². The number of benzene rings is 2. The van der Waals surface area contributed by atoms with Crippen LogP contribution in [0.3, 0.4) is 0 Å². The molecular weight excluding hydrogens is 297 g/mol. The smallest absolute Gasteiger partial charge is 0.416 e. The molecule has 0 heterocycles. The number of halogens is 3. The van der Waals surface area contributed by atoms with Gasteiger partial charge in [-0.15, -0.1) is 0 Å². The molecule has 0 saturated carbocycles. The first kappa shape index (κ1) is 15.8. The summed E-state index contributed by atoms with van der Waals surface area (Å²) in [6.07, 6.45) is -4.54. The van der Waals surface area contributed by atoms with Gasteiger partial charge < -0.3 is 4.74 Å². The van der Waals surface area contributed by atoms with Crippen molar-refractivity contribution in [1.82, 2.24) is 0 Å². The van der Waals surface area contributed by atoms with Crippen LogP contribution < -0.4 is 4.74 Å². The Morgan fingerprint density at radius 1 is 1.00 bits per heavy atom. The quantitative estimate of drug-likeness (QED) is 0.491. The fraction of sp³-hybridized carbons (Fsp3) is 0.125. The summed E-state index contributed by atoms with van der Waals surface area (Å²) in [5.41, 5.74) is -1.02.